The second kappa shape index (κ2) is 4.49. The van der Waals surface area contributed by atoms with Crippen molar-refractivity contribution < 1.29 is 14.2 Å². The van der Waals surface area contributed by atoms with E-state index in [1.54, 1.807) is 24.4 Å². The van der Waals surface area contributed by atoms with Crippen LogP contribution >= 0.6 is 0 Å². The molecule has 0 spiro atoms. The summed E-state index contributed by atoms with van der Waals surface area (Å²) in [5.74, 6) is 7.77. The van der Waals surface area contributed by atoms with E-state index in [0.29, 0.717) is 34.2 Å². The zero-order valence-electron chi connectivity index (χ0n) is 10.7. The molecule has 0 saturated carbocycles. The van der Waals surface area contributed by atoms with E-state index in [-0.39, 0.29) is 12.7 Å². The van der Waals surface area contributed by atoms with Crippen molar-refractivity contribution in [3.63, 3.8) is 0 Å². The van der Waals surface area contributed by atoms with Crippen molar-refractivity contribution in [2.75, 3.05) is 12.2 Å². The number of nitrogens with two attached hydrogens (primary N) is 1. The fraction of sp³-hybridized carbons (Fsp3) is 0.0833. The summed E-state index contributed by atoms with van der Waals surface area (Å²) in [6.45, 7) is 0.208. The highest BCUT2D eigenvalue weighted by Crippen LogP contribution is 2.37. The van der Waals surface area contributed by atoms with Crippen LogP contribution in [0.3, 0.4) is 0 Å². The highest BCUT2D eigenvalue weighted by molar-refractivity contribution is 5.80. The molecule has 3 heterocycles. The first-order valence-electron chi connectivity index (χ1n) is 6.09. The van der Waals surface area contributed by atoms with Gasteiger partial charge in [0.1, 0.15) is 11.1 Å². The molecule has 2 aromatic heterocycles. The lowest BCUT2D eigenvalue weighted by atomic mass is 10.3. The Hall–Kier alpha value is -3.07. The van der Waals surface area contributed by atoms with E-state index in [1.807, 2.05) is 0 Å². The fourth-order valence-corrected chi connectivity index (χ4v) is 2.00. The Kier molecular flexibility index (Phi) is 2.51. The molecule has 0 radical (unpaired) electrons. The third-order valence-electron chi connectivity index (χ3n) is 2.96. The van der Waals surface area contributed by atoms with Gasteiger partial charge in [0.25, 0.3) is 0 Å². The predicted molar refractivity (Wildman–Crippen MR) is 72.1 cm³/mol. The summed E-state index contributed by atoms with van der Waals surface area (Å²) in [6, 6.07) is 5.26. The maximum Gasteiger partial charge on any atom is 0.242 e. The average molecular weight is 286 g/mol. The maximum atomic E-state index is 5.78. The van der Waals surface area contributed by atoms with Crippen LogP contribution < -0.4 is 25.5 Å². The first-order chi connectivity index (χ1) is 10.3. The number of H-pyrrole nitrogens is 1. The van der Waals surface area contributed by atoms with Gasteiger partial charge in [0, 0.05) is 6.07 Å². The summed E-state index contributed by atoms with van der Waals surface area (Å²) in [7, 11) is 0. The van der Waals surface area contributed by atoms with Crippen LogP contribution in [-0.4, -0.2) is 27.0 Å². The van der Waals surface area contributed by atoms with Gasteiger partial charge < -0.3 is 14.2 Å². The number of nitrogen functional groups attached to an aromatic ring is 1. The zero-order chi connectivity index (χ0) is 14.2. The van der Waals surface area contributed by atoms with Crippen LogP contribution in [0.1, 0.15) is 0 Å². The number of hydrazine groups is 1. The smallest absolute Gasteiger partial charge is 0.242 e. The summed E-state index contributed by atoms with van der Waals surface area (Å²) in [5.41, 5.74) is 2.90. The van der Waals surface area contributed by atoms with Gasteiger partial charge in [-0.05, 0) is 12.1 Å². The van der Waals surface area contributed by atoms with Gasteiger partial charge in [-0.1, -0.05) is 0 Å². The lowest BCUT2D eigenvalue weighted by Crippen LogP contribution is -2.10. The van der Waals surface area contributed by atoms with E-state index in [9.17, 15) is 0 Å². The number of nitrogens with zero attached hydrogens (tertiary/aromatic N) is 3. The summed E-state index contributed by atoms with van der Waals surface area (Å²) < 4.78 is 16.3. The molecule has 21 heavy (non-hydrogen) atoms. The van der Waals surface area contributed by atoms with Gasteiger partial charge in [-0.3, -0.25) is 10.5 Å². The molecular weight excluding hydrogens is 276 g/mol. The zero-order valence-corrected chi connectivity index (χ0v) is 10.7. The lowest BCUT2D eigenvalue weighted by molar-refractivity contribution is 0.174. The van der Waals surface area contributed by atoms with Crippen LogP contribution in [0.25, 0.3) is 11.0 Å². The first-order valence-corrected chi connectivity index (χ1v) is 6.09. The van der Waals surface area contributed by atoms with Crippen molar-refractivity contribution in [1.82, 2.24) is 20.2 Å². The minimum absolute atomic E-state index is 0.208. The fourth-order valence-electron chi connectivity index (χ4n) is 2.00. The van der Waals surface area contributed by atoms with Crippen LogP contribution in [0.2, 0.25) is 0 Å². The number of hydrogen-bond acceptors (Lipinski definition) is 8. The van der Waals surface area contributed by atoms with Crippen LogP contribution in [0.5, 0.6) is 23.1 Å². The van der Waals surface area contributed by atoms with E-state index in [4.69, 9.17) is 20.1 Å². The molecule has 4 N–H and O–H groups in total. The number of aromatic nitrogens is 4. The van der Waals surface area contributed by atoms with Crippen LogP contribution in [-0.2, 0) is 0 Å². The molecule has 0 fully saturated rings. The SMILES string of the molecule is NNc1nc(Oc2ccc3c(c2)OCO3)c2cn[nH]c2n1. The largest absolute Gasteiger partial charge is 0.454 e. The van der Waals surface area contributed by atoms with Crippen molar-refractivity contribution in [3.05, 3.63) is 24.4 Å². The van der Waals surface area contributed by atoms with Crippen molar-refractivity contribution >= 4 is 17.0 Å². The Morgan fingerprint density at radius 2 is 2.14 bits per heavy atom. The van der Waals surface area contributed by atoms with E-state index in [2.05, 4.69) is 25.6 Å². The summed E-state index contributed by atoms with van der Waals surface area (Å²) >= 11 is 0. The van der Waals surface area contributed by atoms with E-state index in [1.165, 1.54) is 0 Å². The highest BCUT2D eigenvalue weighted by Gasteiger charge is 2.16. The molecule has 0 atom stereocenters. The van der Waals surface area contributed by atoms with Crippen molar-refractivity contribution in [2.24, 2.45) is 5.84 Å². The normalized spacial score (nSPS) is 12.6. The minimum Gasteiger partial charge on any atom is -0.454 e. The molecule has 9 heteroatoms. The van der Waals surface area contributed by atoms with E-state index >= 15 is 0 Å². The van der Waals surface area contributed by atoms with Gasteiger partial charge in [-0.2, -0.15) is 15.1 Å². The van der Waals surface area contributed by atoms with E-state index in [0.717, 1.165) is 0 Å². The van der Waals surface area contributed by atoms with Gasteiger partial charge in [0.15, 0.2) is 17.1 Å². The number of benzene rings is 1. The summed E-state index contributed by atoms with van der Waals surface area (Å²) in [5, 5.41) is 7.30. The number of fused-ring (bicyclic) bond motifs is 2. The number of aromatic amines is 1. The molecule has 1 aliphatic rings. The average Bonchev–Trinajstić information content (AvgIpc) is 3.14. The quantitative estimate of drug-likeness (QED) is 0.484. The number of ether oxygens (including phenoxy) is 3. The molecule has 1 aliphatic heterocycles. The second-order valence-electron chi connectivity index (χ2n) is 4.25. The molecule has 0 unspecified atom stereocenters. The minimum atomic E-state index is 0.208. The third kappa shape index (κ3) is 1.96. The highest BCUT2D eigenvalue weighted by atomic mass is 16.7. The second-order valence-corrected chi connectivity index (χ2v) is 4.25. The Morgan fingerprint density at radius 1 is 1.24 bits per heavy atom. The molecule has 0 bridgehead atoms. The maximum absolute atomic E-state index is 5.78. The molecule has 0 amide bonds. The Bertz CT molecular complexity index is 818. The van der Waals surface area contributed by atoms with Crippen molar-refractivity contribution in [2.45, 2.75) is 0 Å². The standard InChI is InChI=1S/C12H10N6O3/c13-17-12-15-10-7(4-14-18-10)11(16-12)21-6-1-2-8-9(3-6)20-5-19-8/h1-4H,5,13H2,(H2,14,15,16,17,18). The van der Waals surface area contributed by atoms with E-state index < -0.39 is 0 Å². The molecule has 1 aromatic carbocycles. The predicted octanol–water partition coefficient (Wildman–Crippen LogP) is 1.16. The first kappa shape index (κ1) is 11.7. The Labute approximate surface area is 118 Å². The number of hydrogen-bond donors (Lipinski definition) is 3. The number of nitrogens with one attached hydrogen (secondary N) is 2. The van der Waals surface area contributed by atoms with Gasteiger partial charge in [-0.25, -0.2) is 5.84 Å². The molecule has 0 saturated heterocycles. The van der Waals surface area contributed by atoms with Crippen LogP contribution in [0.15, 0.2) is 24.4 Å². The lowest BCUT2D eigenvalue weighted by Gasteiger charge is -2.07. The summed E-state index contributed by atoms with van der Waals surface area (Å²) in [6.07, 6.45) is 1.58. The van der Waals surface area contributed by atoms with Gasteiger partial charge >= 0.3 is 0 Å². The van der Waals surface area contributed by atoms with Gasteiger partial charge in [-0.15, -0.1) is 0 Å². The summed E-state index contributed by atoms with van der Waals surface area (Å²) in [4.78, 5) is 8.30. The topological polar surface area (TPSA) is 120 Å². The Morgan fingerprint density at radius 3 is 3.05 bits per heavy atom. The van der Waals surface area contributed by atoms with Gasteiger partial charge in [0.2, 0.25) is 18.6 Å². The molecule has 0 aliphatic carbocycles. The van der Waals surface area contributed by atoms with Crippen molar-refractivity contribution in [3.8, 4) is 23.1 Å². The van der Waals surface area contributed by atoms with Crippen molar-refractivity contribution in [1.29, 1.82) is 0 Å². The van der Waals surface area contributed by atoms with Gasteiger partial charge in [0.05, 0.1) is 6.20 Å². The third-order valence-corrected chi connectivity index (χ3v) is 2.96. The molecule has 9 nitrogen and oxygen atoms in total. The number of anilines is 1. The molecule has 3 aromatic rings. The van der Waals surface area contributed by atoms with Crippen LogP contribution in [0.4, 0.5) is 5.95 Å². The molecule has 106 valence electrons. The molecular formula is C12H10N6O3. The monoisotopic (exact) mass is 286 g/mol. The number of rotatable bonds is 3. The Balaban J connectivity index is 1.75. The van der Waals surface area contributed by atoms with Crippen LogP contribution in [0, 0.1) is 0 Å². The molecule has 4 rings (SSSR count).